The average molecular weight is 253 g/mol. The smallest absolute Gasteiger partial charge is 0.337 e. The maximum absolute atomic E-state index is 10.7. The van der Waals surface area contributed by atoms with Crippen LogP contribution in [0, 0.1) is 11.3 Å². The van der Waals surface area contributed by atoms with Crippen LogP contribution >= 0.6 is 0 Å². The van der Waals surface area contributed by atoms with E-state index in [1.807, 2.05) is 6.07 Å². The summed E-state index contributed by atoms with van der Waals surface area (Å²) < 4.78 is 0. The molecular formula is C14H11N3O2. The van der Waals surface area contributed by atoms with E-state index in [0.717, 1.165) is 11.4 Å². The van der Waals surface area contributed by atoms with E-state index in [-0.39, 0.29) is 5.56 Å². The number of hydrogen-bond acceptors (Lipinski definition) is 4. The minimum absolute atomic E-state index is 0.162. The van der Waals surface area contributed by atoms with Gasteiger partial charge in [0.1, 0.15) is 0 Å². The Bertz CT molecular complexity index is 630. The summed E-state index contributed by atoms with van der Waals surface area (Å²) in [6.07, 6.45) is 1.32. The molecule has 0 aliphatic heterocycles. The fourth-order valence-corrected chi connectivity index (χ4v) is 1.55. The quantitative estimate of drug-likeness (QED) is 0.872. The number of aromatic nitrogens is 1. The highest BCUT2D eigenvalue weighted by atomic mass is 16.4. The Morgan fingerprint density at radius 1 is 1.37 bits per heavy atom. The van der Waals surface area contributed by atoms with Crippen molar-refractivity contribution < 1.29 is 9.90 Å². The molecule has 0 unspecified atom stereocenters. The molecule has 5 nitrogen and oxygen atoms in total. The summed E-state index contributed by atoms with van der Waals surface area (Å²) in [6.45, 7) is 0.467. The molecular weight excluding hydrogens is 242 g/mol. The molecule has 0 saturated heterocycles. The van der Waals surface area contributed by atoms with Crippen LogP contribution in [0.3, 0.4) is 0 Å². The van der Waals surface area contributed by atoms with Gasteiger partial charge >= 0.3 is 5.97 Å². The van der Waals surface area contributed by atoms with Crippen LogP contribution in [0.1, 0.15) is 21.6 Å². The van der Waals surface area contributed by atoms with Crippen LogP contribution in [0.4, 0.5) is 5.69 Å². The van der Waals surface area contributed by atoms with Gasteiger partial charge < -0.3 is 10.4 Å². The number of rotatable bonds is 4. The van der Waals surface area contributed by atoms with Gasteiger partial charge in [-0.25, -0.2) is 4.79 Å². The van der Waals surface area contributed by atoms with Gasteiger partial charge in [-0.15, -0.1) is 0 Å². The van der Waals surface area contributed by atoms with Crippen molar-refractivity contribution in [2.75, 3.05) is 5.32 Å². The molecule has 0 spiro atoms. The molecule has 0 amide bonds. The number of nitriles is 1. The first-order valence-corrected chi connectivity index (χ1v) is 5.61. The zero-order chi connectivity index (χ0) is 13.7. The number of carboxylic acid groups (broad SMARTS) is 1. The number of carboxylic acids is 1. The first kappa shape index (κ1) is 12.6. The van der Waals surface area contributed by atoms with Crippen LogP contribution in [0.2, 0.25) is 0 Å². The molecule has 5 heteroatoms. The molecule has 2 rings (SSSR count). The van der Waals surface area contributed by atoms with Crippen LogP contribution in [-0.4, -0.2) is 16.1 Å². The van der Waals surface area contributed by atoms with Crippen molar-refractivity contribution in [2.24, 2.45) is 0 Å². The largest absolute Gasteiger partial charge is 0.478 e. The molecule has 0 aliphatic carbocycles. The van der Waals surface area contributed by atoms with Gasteiger partial charge in [-0.05, 0) is 30.3 Å². The Labute approximate surface area is 110 Å². The highest BCUT2D eigenvalue weighted by Crippen LogP contribution is 2.11. The van der Waals surface area contributed by atoms with Gasteiger partial charge in [0.05, 0.1) is 29.4 Å². The predicted molar refractivity (Wildman–Crippen MR) is 69.7 cm³/mol. The predicted octanol–water partition coefficient (Wildman–Crippen LogP) is 2.26. The summed E-state index contributed by atoms with van der Waals surface area (Å²) in [5.74, 6) is -0.992. The second-order valence-corrected chi connectivity index (χ2v) is 3.89. The maximum Gasteiger partial charge on any atom is 0.337 e. The minimum atomic E-state index is -0.992. The number of hydrogen-bond donors (Lipinski definition) is 2. The number of benzene rings is 1. The standard InChI is InChI=1S/C14H11N3O2/c15-7-10-2-1-3-12(6-10)17-9-13-5-4-11(8-16-13)14(18)19/h1-6,8,17H,9H2,(H,18,19). The lowest BCUT2D eigenvalue weighted by atomic mass is 10.2. The Hall–Kier alpha value is -2.87. The number of carbonyl (C=O) groups is 1. The molecule has 1 aromatic heterocycles. The van der Waals surface area contributed by atoms with Crippen molar-refractivity contribution in [3.8, 4) is 6.07 Å². The lowest BCUT2D eigenvalue weighted by molar-refractivity contribution is 0.0696. The Morgan fingerprint density at radius 3 is 2.84 bits per heavy atom. The third-order valence-electron chi connectivity index (χ3n) is 2.54. The topological polar surface area (TPSA) is 86.0 Å². The van der Waals surface area contributed by atoms with Crippen LogP contribution in [-0.2, 0) is 6.54 Å². The molecule has 0 aliphatic rings. The molecule has 1 heterocycles. The summed E-state index contributed by atoms with van der Waals surface area (Å²) in [7, 11) is 0. The van der Waals surface area contributed by atoms with Gasteiger partial charge in [-0.2, -0.15) is 5.26 Å². The summed E-state index contributed by atoms with van der Waals surface area (Å²) >= 11 is 0. The Balaban J connectivity index is 2.02. The molecule has 2 N–H and O–H groups in total. The molecule has 2 aromatic rings. The van der Waals surface area contributed by atoms with Crippen LogP contribution in [0.15, 0.2) is 42.6 Å². The summed E-state index contributed by atoms with van der Waals surface area (Å²) in [6, 6.07) is 12.3. The number of pyridine rings is 1. The van der Waals surface area contributed by atoms with Crippen molar-refractivity contribution in [1.82, 2.24) is 4.98 Å². The van der Waals surface area contributed by atoms with Crippen molar-refractivity contribution in [3.05, 3.63) is 59.4 Å². The van der Waals surface area contributed by atoms with Crippen LogP contribution in [0.5, 0.6) is 0 Å². The normalized spacial score (nSPS) is 9.63. The highest BCUT2D eigenvalue weighted by molar-refractivity contribution is 5.87. The van der Waals surface area contributed by atoms with Gasteiger partial charge in [0.25, 0.3) is 0 Å². The molecule has 0 saturated carbocycles. The molecule has 1 aromatic carbocycles. The van der Waals surface area contributed by atoms with E-state index >= 15 is 0 Å². The minimum Gasteiger partial charge on any atom is -0.478 e. The molecule has 0 fully saturated rings. The van der Waals surface area contributed by atoms with E-state index in [0.29, 0.717) is 12.1 Å². The first-order valence-electron chi connectivity index (χ1n) is 5.61. The van der Waals surface area contributed by atoms with Crippen LogP contribution < -0.4 is 5.32 Å². The summed E-state index contributed by atoms with van der Waals surface area (Å²) in [5.41, 5.74) is 2.30. The number of nitrogens with zero attached hydrogens (tertiary/aromatic N) is 2. The monoisotopic (exact) mass is 253 g/mol. The first-order chi connectivity index (χ1) is 9.19. The average Bonchev–Trinajstić information content (AvgIpc) is 2.46. The molecule has 19 heavy (non-hydrogen) atoms. The summed E-state index contributed by atoms with van der Waals surface area (Å²) in [4.78, 5) is 14.7. The lowest BCUT2D eigenvalue weighted by Gasteiger charge is -2.06. The van der Waals surface area contributed by atoms with Crippen molar-refractivity contribution >= 4 is 11.7 Å². The van der Waals surface area contributed by atoms with E-state index in [4.69, 9.17) is 10.4 Å². The van der Waals surface area contributed by atoms with Gasteiger partial charge in [0.2, 0.25) is 0 Å². The number of aromatic carboxylic acids is 1. The van der Waals surface area contributed by atoms with Crippen LogP contribution in [0.25, 0.3) is 0 Å². The third kappa shape index (κ3) is 3.30. The fraction of sp³-hybridized carbons (Fsp3) is 0.0714. The van der Waals surface area contributed by atoms with Gasteiger partial charge in [-0.3, -0.25) is 4.98 Å². The van der Waals surface area contributed by atoms with Gasteiger partial charge in [0, 0.05) is 11.9 Å². The number of anilines is 1. The fourth-order valence-electron chi connectivity index (χ4n) is 1.55. The zero-order valence-electron chi connectivity index (χ0n) is 10.00. The second kappa shape index (κ2) is 5.65. The van der Waals surface area contributed by atoms with Crippen molar-refractivity contribution in [3.63, 3.8) is 0 Å². The molecule has 0 atom stereocenters. The van der Waals surface area contributed by atoms with E-state index in [1.54, 1.807) is 24.3 Å². The molecule has 0 bridgehead atoms. The maximum atomic E-state index is 10.7. The highest BCUT2D eigenvalue weighted by Gasteiger charge is 2.03. The summed E-state index contributed by atoms with van der Waals surface area (Å²) in [5, 5.41) is 20.7. The SMILES string of the molecule is N#Cc1cccc(NCc2ccc(C(=O)O)cn2)c1. The number of nitrogens with one attached hydrogen (secondary N) is 1. The Kier molecular flexibility index (Phi) is 3.74. The van der Waals surface area contributed by atoms with E-state index in [9.17, 15) is 4.79 Å². The van der Waals surface area contributed by atoms with E-state index in [1.165, 1.54) is 12.3 Å². The Morgan fingerprint density at radius 2 is 2.21 bits per heavy atom. The van der Waals surface area contributed by atoms with Crippen molar-refractivity contribution in [2.45, 2.75) is 6.54 Å². The molecule has 0 radical (unpaired) electrons. The van der Waals surface area contributed by atoms with E-state index < -0.39 is 5.97 Å². The van der Waals surface area contributed by atoms with Gasteiger partial charge in [-0.1, -0.05) is 6.07 Å². The zero-order valence-corrected chi connectivity index (χ0v) is 10.00. The lowest BCUT2D eigenvalue weighted by Crippen LogP contribution is -2.03. The van der Waals surface area contributed by atoms with Gasteiger partial charge in [0.15, 0.2) is 0 Å². The third-order valence-corrected chi connectivity index (χ3v) is 2.54. The second-order valence-electron chi connectivity index (χ2n) is 3.89. The van der Waals surface area contributed by atoms with Crippen molar-refractivity contribution in [1.29, 1.82) is 5.26 Å². The van der Waals surface area contributed by atoms with E-state index in [2.05, 4.69) is 16.4 Å². The molecule has 94 valence electrons.